The summed E-state index contributed by atoms with van der Waals surface area (Å²) < 4.78 is 38.2. The summed E-state index contributed by atoms with van der Waals surface area (Å²) in [4.78, 5) is 18.2. The number of carbonyl (C=O) groups excluding carboxylic acids is 1. The summed E-state index contributed by atoms with van der Waals surface area (Å²) >= 11 is 17.7. The number of benzene rings is 1. The van der Waals surface area contributed by atoms with E-state index in [1.807, 2.05) is 0 Å². The Kier molecular flexibility index (Phi) is 6.09. The van der Waals surface area contributed by atoms with Crippen molar-refractivity contribution in [2.75, 3.05) is 4.72 Å². The van der Waals surface area contributed by atoms with Crippen molar-refractivity contribution < 1.29 is 22.4 Å². The number of nitrogens with zero attached hydrogens (tertiary/aromatic N) is 2. The number of furan rings is 1. The molecule has 0 fully saturated rings. The van der Waals surface area contributed by atoms with Gasteiger partial charge in [0, 0.05) is 0 Å². The van der Waals surface area contributed by atoms with Crippen LogP contribution in [0.25, 0.3) is 0 Å². The molecule has 2 heterocycles. The first kappa shape index (κ1) is 20.4. The Bertz CT molecular complexity index is 1130. The van der Waals surface area contributed by atoms with Crippen LogP contribution in [-0.2, 0) is 16.6 Å². The molecular formula is C16H10Cl3N3O5S. The van der Waals surface area contributed by atoms with Crippen LogP contribution in [-0.4, -0.2) is 24.7 Å². The smallest absolute Gasteiger partial charge is 0.264 e. The van der Waals surface area contributed by atoms with Crippen LogP contribution < -0.4 is 9.46 Å². The summed E-state index contributed by atoms with van der Waals surface area (Å²) in [5, 5.41) is -0.0863. The quantitative estimate of drug-likeness (QED) is 0.523. The van der Waals surface area contributed by atoms with Gasteiger partial charge in [-0.3, -0.25) is 9.52 Å². The summed E-state index contributed by atoms with van der Waals surface area (Å²) in [6.07, 6.45) is 1.68. The van der Waals surface area contributed by atoms with Crippen LogP contribution in [0.3, 0.4) is 0 Å². The molecule has 3 aromatic rings. The molecule has 0 saturated carbocycles. The molecule has 0 aliphatic heterocycles. The number of nitrogens with one attached hydrogen (secondary N) is 1. The summed E-state index contributed by atoms with van der Waals surface area (Å²) in [6, 6.07) is 7.16. The molecule has 146 valence electrons. The molecule has 12 heteroatoms. The fourth-order valence-corrected chi connectivity index (χ4v) is 3.97. The molecule has 0 saturated heterocycles. The first-order valence-electron chi connectivity index (χ1n) is 7.46. The molecule has 8 nitrogen and oxygen atoms in total. The van der Waals surface area contributed by atoms with Crippen LogP contribution in [0.15, 0.2) is 45.8 Å². The van der Waals surface area contributed by atoms with Crippen molar-refractivity contribution in [2.24, 2.45) is 0 Å². The molecule has 0 bridgehead atoms. The molecular weight excluding hydrogens is 453 g/mol. The van der Waals surface area contributed by atoms with Gasteiger partial charge in [-0.05, 0) is 24.3 Å². The molecule has 3 rings (SSSR count). The number of aromatic nitrogens is 2. The monoisotopic (exact) mass is 461 g/mol. The van der Waals surface area contributed by atoms with Gasteiger partial charge in [-0.15, -0.1) is 0 Å². The first-order chi connectivity index (χ1) is 13.3. The number of sulfonamides is 1. The second-order valence-corrected chi connectivity index (χ2v) is 8.04. The highest BCUT2D eigenvalue weighted by Gasteiger charge is 2.23. The maximum absolute atomic E-state index is 12.7. The highest BCUT2D eigenvalue weighted by atomic mass is 35.5. The number of hydrogen-bond donors (Lipinski definition) is 1. The van der Waals surface area contributed by atoms with Crippen molar-refractivity contribution in [3.63, 3.8) is 0 Å². The molecule has 1 aromatic carbocycles. The molecule has 1 N–H and O–H groups in total. The maximum Gasteiger partial charge on any atom is 0.264 e. The molecule has 0 spiro atoms. The van der Waals surface area contributed by atoms with Crippen molar-refractivity contribution in [3.8, 4) is 5.88 Å². The van der Waals surface area contributed by atoms with Crippen LogP contribution in [0.2, 0.25) is 15.2 Å². The van der Waals surface area contributed by atoms with Gasteiger partial charge in [0.05, 0.1) is 16.2 Å². The van der Waals surface area contributed by atoms with Gasteiger partial charge in [-0.2, -0.15) is 4.98 Å². The Morgan fingerprint density at radius 2 is 1.96 bits per heavy atom. The maximum atomic E-state index is 12.7. The Hall–Kier alpha value is -2.33. The van der Waals surface area contributed by atoms with Crippen LogP contribution >= 0.6 is 34.8 Å². The SMILES string of the molecule is O=Cc1ccc(COc2nc(Cl)cnc2NS(=O)(=O)c2cccc(Cl)c2Cl)o1. The topological polar surface area (TPSA) is 111 Å². The van der Waals surface area contributed by atoms with E-state index in [4.69, 9.17) is 44.0 Å². The second kappa shape index (κ2) is 8.36. The lowest BCUT2D eigenvalue weighted by Crippen LogP contribution is -2.16. The minimum atomic E-state index is -4.15. The number of halogens is 3. The van der Waals surface area contributed by atoms with Gasteiger partial charge < -0.3 is 9.15 Å². The average molecular weight is 463 g/mol. The van der Waals surface area contributed by atoms with Crippen molar-refractivity contribution in [2.45, 2.75) is 11.5 Å². The van der Waals surface area contributed by atoms with Crippen molar-refractivity contribution in [3.05, 3.63) is 63.2 Å². The fourth-order valence-electron chi connectivity index (χ4n) is 2.07. The Balaban J connectivity index is 1.87. The Morgan fingerprint density at radius 3 is 2.68 bits per heavy atom. The van der Waals surface area contributed by atoms with Crippen LogP contribution in [0.1, 0.15) is 16.3 Å². The molecule has 0 unspecified atom stereocenters. The summed E-state index contributed by atoms with van der Waals surface area (Å²) in [5.74, 6) is 0.0174. The standard InChI is InChI=1S/C16H10Cl3N3O5S/c17-11-2-1-3-12(14(11)19)28(24,25)22-15-16(21-13(18)6-20-15)26-8-10-5-4-9(7-23)27-10/h1-7H,8H2,(H,20,22). The molecule has 0 atom stereocenters. The number of ether oxygens (including phenoxy) is 1. The zero-order chi connectivity index (χ0) is 20.3. The highest BCUT2D eigenvalue weighted by Crippen LogP contribution is 2.31. The van der Waals surface area contributed by atoms with Gasteiger partial charge in [0.15, 0.2) is 17.2 Å². The Morgan fingerprint density at radius 1 is 1.18 bits per heavy atom. The number of anilines is 1. The minimum Gasteiger partial charge on any atom is -0.467 e. The molecule has 0 aliphatic carbocycles. The number of rotatable bonds is 7. The zero-order valence-corrected chi connectivity index (χ0v) is 16.8. The third-order valence-corrected chi connectivity index (χ3v) is 5.79. The van der Waals surface area contributed by atoms with Crippen LogP contribution in [0.5, 0.6) is 5.88 Å². The Labute approximate surface area is 174 Å². The lowest BCUT2D eigenvalue weighted by molar-refractivity contribution is 0.109. The van der Waals surface area contributed by atoms with E-state index >= 15 is 0 Å². The predicted molar refractivity (Wildman–Crippen MR) is 103 cm³/mol. The summed E-state index contributed by atoms with van der Waals surface area (Å²) in [5.41, 5.74) is 0. The third-order valence-electron chi connectivity index (χ3n) is 3.30. The van der Waals surface area contributed by atoms with Crippen LogP contribution in [0.4, 0.5) is 5.82 Å². The molecule has 28 heavy (non-hydrogen) atoms. The van der Waals surface area contributed by atoms with Crippen LogP contribution in [0, 0.1) is 0 Å². The minimum absolute atomic E-state index is 0.0215. The number of aldehydes is 1. The van der Waals surface area contributed by atoms with E-state index in [0.29, 0.717) is 12.0 Å². The fraction of sp³-hybridized carbons (Fsp3) is 0.0625. The van der Waals surface area contributed by atoms with E-state index in [0.717, 1.165) is 6.20 Å². The van der Waals surface area contributed by atoms with E-state index in [2.05, 4.69) is 14.7 Å². The van der Waals surface area contributed by atoms with Crippen molar-refractivity contribution >= 4 is 56.9 Å². The molecule has 0 radical (unpaired) electrons. The van der Waals surface area contributed by atoms with E-state index < -0.39 is 10.0 Å². The van der Waals surface area contributed by atoms with Gasteiger partial charge in [-0.1, -0.05) is 40.9 Å². The highest BCUT2D eigenvalue weighted by molar-refractivity contribution is 7.92. The number of carbonyl (C=O) groups is 1. The third kappa shape index (κ3) is 4.56. The molecule has 2 aromatic heterocycles. The van der Waals surface area contributed by atoms with Crippen molar-refractivity contribution in [1.29, 1.82) is 0 Å². The lowest BCUT2D eigenvalue weighted by atomic mass is 10.4. The second-order valence-electron chi connectivity index (χ2n) is 5.21. The van der Waals surface area contributed by atoms with E-state index in [1.165, 1.54) is 30.3 Å². The van der Waals surface area contributed by atoms with E-state index in [1.54, 1.807) is 0 Å². The predicted octanol–water partition coefficient (Wildman–Crippen LogP) is 4.22. The lowest BCUT2D eigenvalue weighted by Gasteiger charge is -2.12. The molecule has 0 amide bonds. The van der Waals surface area contributed by atoms with Gasteiger partial charge in [0.25, 0.3) is 15.9 Å². The van der Waals surface area contributed by atoms with E-state index in [9.17, 15) is 13.2 Å². The van der Waals surface area contributed by atoms with Gasteiger partial charge in [0.2, 0.25) is 5.82 Å². The summed E-state index contributed by atoms with van der Waals surface area (Å²) in [6.45, 7) is -0.143. The van der Waals surface area contributed by atoms with E-state index in [-0.39, 0.29) is 44.2 Å². The number of hydrogen-bond acceptors (Lipinski definition) is 7. The first-order valence-corrected chi connectivity index (χ1v) is 10.1. The summed E-state index contributed by atoms with van der Waals surface area (Å²) in [7, 11) is -4.15. The zero-order valence-electron chi connectivity index (χ0n) is 13.7. The van der Waals surface area contributed by atoms with Gasteiger partial charge in [0.1, 0.15) is 17.3 Å². The van der Waals surface area contributed by atoms with Crippen molar-refractivity contribution in [1.82, 2.24) is 9.97 Å². The van der Waals surface area contributed by atoms with Gasteiger partial charge >= 0.3 is 0 Å². The molecule has 0 aliphatic rings. The largest absolute Gasteiger partial charge is 0.467 e. The van der Waals surface area contributed by atoms with Gasteiger partial charge in [-0.25, -0.2) is 13.4 Å². The average Bonchev–Trinajstić information content (AvgIpc) is 3.12. The normalized spacial score (nSPS) is 11.2.